The van der Waals surface area contributed by atoms with Gasteiger partial charge in [0.25, 0.3) is 11.7 Å². The zero-order valence-electron chi connectivity index (χ0n) is 16.8. The highest BCUT2D eigenvalue weighted by Gasteiger charge is 2.44. The summed E-state index contributed by atoms with van der Waals surface area (Å²) in [5.74, 6) is -2.83. The molecule has 0 bridgehead atoms. The largest absolute Gasteiger partial charge is 0.496 e. The molecule has 0 saturated carbocycles. The van der Waals surface area contributed by atoms with Crippen LogP contribution in [-0.2, 0) is 30.4 Å². The van der Waals surface area contributed by atoms with Crippen LogP contribution in [0.1, 0.15) is 38.8 Å². The van der Waals surface area contributed by atoms with Gasteiger partial charge < -0.3 is 19.5 Å². The maximum absolute atomic E-state index is 12.5. The van der Waals surface area contributed by atoms with E-state index in [4.69, 9.17) is 14.2 Å². The fourth-order valence-electron chi connectivity index (χ4n) is 3.09. The van der Waals surface area contributed by atoms with Gasteiger partial charge in [-0.15, -0.1) is 0 Å². The number of ether oxygens (including phenoxy) is 3. The molecule has 1 aromatic rings. The number of rotatable bonds is 4. The van der Waals surface area contributed by atoms with E-state index in [0.29, 0.717) is 16.9 Å². The number of urea groups is 1. The van der Waals surface area contributed by atoms with Crippen LogP contribution in [0.2, 0.25) is 0 Å². The van der Waals surface area contributed by atoms with Crippen LogP contribution in [0.4, 0.5) is 4.79 Å². The van der Waals surface area contributed by atoms with Crippen molar-refractivity contribution < 1.29 is 33.4 Å². The number of methoxy groups -OCH3 is 1. The molecule has 9 nitrogen and oxygen atoms in total. The molecule has 0 aromatic heterocycles. The van der Waals surface area contributed by atoms with E-state index in [-0.39, 0.29) is 18.0 Å². The molecule has 9 heteroatoms. The predicted molar refractivity (Wildman–Crippen MR) is 100 cm³/mol. The normalized spacial score (nSPS) is 20.2. The Morgan fingerprint density at radius 2 is 1.69 bits per heavy atom. The van der Waals surface area contributed by atoms with E-state index in [1.807, 2.05) is 0 Å². The number of carbonyl (C=O) groups is 4. The summed E-state index contributed by atoms with van der Waals surface area (Å²) in [6.45, 7) is 6.13. The summed E-state index contributed by atoms with van der Waals surface area (Å²) in [6, 6.07) is 4.37. The topological polar surface area (TPSA) is 111 Å². The van der Waals surface area contributed by atoms with Crippen molar-refractivity contribution in [3.05, 3.63) is 34.9 Å². The monoisotopic (exact) mass is 402 g/mol. The maximum atomic E-state index is 12.5. The molecule has 2 heterocycles. The first kappa shape index (κ1) is 20.4. The van der Waals surface area contributed by atoms with Gasteiger partial charge in [-0.25, -0.2) is 14.4 Å². The van der Waals surface area contributed by atoms with Crippen molar-refractivity contribution >= 4 is 30.0 Å². The van der Waals surface area contributed by atoms with Gasteiger partial charge in [-0.3, -0.25) is 9.69 Å². The van der Waals surface area contributed by atoms with Gasteiger partial charge >= 0.3 is 18.0 Å². The minimum absolute atomic E-state index is 0.0315. The third-order valence-corrected chi connectivity index (χ3v) is 4.51. The van der Waals surface area contributed by atoms with Gasteiger partial charge in [0.15, 0.2) is 0 Å². The van der Waals surface area contributed by atoms with Crippen LogP contribution in [-0.4, -0.2) is 47.2 Å². The molecule has 2 aliphatic rings. The van der Waals surface area contributed by atoms with Crippen LogP contribution in [0.5, 0.6) is 5.75 Å². The molecule has 1 N–H and O–H groups in total. The smallest absolute Gasteiger partial charge is 0.348 e. The standard InChI is InChI=1S/C20H22N2O7/c1-19(2)17(25)22(18(26)21-19)10-12-8-11(6-7-14(12)27-5)9-13-15(23)28-20(3,4)29-16(13)24/h6-9H,10H2,1-5H3,(H,21,26). The Kier molecular flexibility index (Phi) is 4.86. The van der Waals surface area contributed by atoms with Crippen LogP contribution in [0.25, 0.3) is 6.08 Å². The van der Waals surface area contributed by atoms with Gasteiger partial charge in [0, 0.05) is 19.4 Å². The van der Waals surface area contributed by atoms with E-state index in [0.717, 1.165) is 4.90 Å². The lowest BCUT2D eigenvalue weighted by Crippen LogP contribution is -2.41. The van der Waals surface area contributed by atoms with Crippen molar-refractivity contribution in [1.29, 1.82) is 0 Å². The van der Waals surface area contributed by atoms with E-state index < -0.39 is 29.3 Å². The fourth-order valence-corrected chi connectivity index (χ4v) is 3.09. The molecular weight excluding hydrogens is 380 g/mol. The van der Waals surface area contributed by atoms with Crippen molar-refractivity contribution in [3.8, 4) is 5.75 Å². The summed E-state index contributed by atoms with van der Waals surface area (Å²) in [7, 11) is 1.46. The molecule has 2 aliphatic heterocycles. The lowest BCUT2D eigenvalue weighted by atomic mass is 10.0. The van der Waals surface area contributed by atoms with Crippen LogP contribution in [0, 0.1) is 0 Å². The second-order valence-electron chi connectivity index (χ2n) is 7.75. The molecule has 3 amide bonds. The van der Waals surface area contributed by atoms with Crippen molar-refractivity contribution in [2.24, 2.45) is 0 Å². The highest BCUT2D eigenvalue weighted by molar-refractivity contribution is 6.18. The number of benzene rings is 1. The third kappa shape index (κ3) is 3.94. The number of cyclic esters (lactones) is 2. The average molecular weight is 402 g/mol. The van der Waals surface area contributed by atoms with E-state index in [1.54, 1.807) is 32.0 Å². The lowest BCUT2D eigenvalue weighted by Gasteiger charge is -2.29. The molecule has 0 atom stereocenters. The Morgan fingerprint density at radius 1 is 1.07 bits per heavy atom. The predicted octanol–water partition coefficient (Wildman–Crippen LogP) is 1.75. The second kappa shape index (κ2) is 6.91. The summed E-state index contributed by atoms with van der Waals surface area (Å²) in [5, 5.41) is 2.61. The van der Waals surface area contributed by atoms with E-state index in [9.17, 15) is 19.2 Å². The Bertz CT molecular complexity index is 924. The Morgan fingerprint density at radius 3 is 2.21 bits per heavy atom. The third-order valence-electron chi connectivity index (χ3n) is 4.51. The number of nitrogens with one attached hydrogen (secondary N) is 1. The van der Waals surface area contributed by atoms with Gasteiger partial charge in [0.2, 0.25) is 0 Å². The van der Waals surface area contributed by atoms with E-state index in [2.05, 4.69) is 5.32 Å². The number of hydrogen-bond acceptors (Lipinski definition) is 7. The van der Waals surface area contributed by atoms with Gasteiger partial charge in [-0.05, 0) is 37.6 Å². The summed E-state index contributed by atoms with van der Waals surface area (Å²) >= 11 is 0. The molecule has 2 saturated heterocycles. The van der Waals surface area contributed by atoms with Gasteiger partial charge in [-0.2, -0.15) is 0 Å². The number of hydrogen-bond donors (Lipinski definition) is 1. The van der Waals surface area contributed by atoms with Gasteiger partial charge in [0.1, 0.15) is 16.9 Å². The summed E-state index contributed by atoms with van der Waals surface area (Å²) in [5.41, 5.74) is -0.236. The lowest BCUT2D eigenvalue weighted by molar-refractivity contribution is -0.222. The first-order valence-electron chi connectivity index (χ1n) is 8.93. The molecule has 0 unspecified atom stereocenters. The maximum Gasteiger partial charge on any atom is 0.348 e. The Balaban J connectivity index is 1.92. The van der Waals surface area contributed by atoms with Crippen LogP contribution < -0.4 is 10.1 Å². The molecule has 1 aromatic carbocycles. The molecule has 0 radical (unpaired) electrons. The quantitative estimate of drug-likeness (QED) is 0.353. The molecular formula is C20H22N2O7. The van der Waals surface area contributed by atoms with E-state index >= 15 is 0 Å². The first-order valence-corrected chi connectivity index (χ1v) is 8.93. The summed E-state index contributed by atoms with van der Waals surface area (Å²) in [6.07, 6.45) is 1.33. The molecule has 154 valence electrons. The van der Waals surface area contributed by atoms with Crippen molar-refractivity contribution in [1.82, 2.24) is 10.2 Å². The average Bonchev–Trinajstić information content (AvgIpc) is 2.79. The molecule has 29 heavy (non-hydrogen) atoms. The summed E-state index contributed by atoms with van der Waals surface area (Å²) < 4.78 is 15.5. The zero-order chi connectivity index (χ0) is 21.6. The first-order chi connectivity index (χ1) is 13.4. The van der Waals surface area contributed by atoms with Gasteiger partial charge in [0.05, 0.1) is 13.7 Å². The Labute approximate surface area is 167 Å². The highest BCUT2D eigenvalue weighted by atomic mass is 16.7. The van der Waals surface area contributed by atoms with Crippen molar-refractivity contribution in [2.45, 2.75) is 45.6 Å². The van der Waals surface area contributed by atoms with Gasteiger partial charge in [-0.1, -0.05) is 6.07 Å². The zero-order valence-corrected chi connectivity index (χ0v) is 16.8. The fraction of sp³-hybridized carbons (Fsp3) is 0.400. The Hall–Kier alpha value is -3.36. The summed E-state index contributed by atoms with van der Waals surface area (Å²) in [4.78, 5) is 50.0. The number of esters is 2. The highest BCUT2D eigenvalue weighted by Crippen LogP contribution is 2.28. The second-order valence-corrected chi connectivity index (χ2v) is 7.75. The SMILES string of the molecule is COc1ccc(C=C2C(=O)OC(C)(C)OC2=O)cc1CN1C(=O)NC(C)(C)C1=O. The van der Waals surface area contributed by atoms with E-state index in [1.165, 1.54) is 27.0 Å². The number of carbonyl (C=O) groups excluding carboxylic acids is 4. The van der Waals surface area contributed by atoms with Crippen LogP contribution >= 0.6 is 0 Å². The molecule has 3 rings (SSSR count). The van der Waals surface area contributed by atoms with Crippen LogP contribution in [0.3, 0.4) is 0 Å². The molecule has 2 fully saturated rings. The minimum atomic E-state index is -1.33. The van der Waals surface area contributed by atoms with Crippen molar-refractivity contribution in [3.63, 3.8) is 0 Å². The van der Waals surface area contributed by atoms with Crippen LogP contribution in [0.15, 0.2) is 23.8 Å². The van der Waals surface area contributed by atoms with Crippen molar-refractivity contribution in [2.75, 3.05) is 7.11 Å². The molecule has 0 aliphatic carbocycles. The molecule has 0 spiro atoms. The number of nitrogens with zero attached hydrogens (tertiary/aromatic N) is 1. The minimum Gasteiger partial charge on any atom is -0.496 e. The number of imide groups is 1. The number of amides is 3.